The Hall–Kier alpha value is -1.29. The second-order valence-corrected chi connectivity index (χ2v) is 5.04. The van der Waals surface area contributed by atoms with E-state index in [0.717, 1.165) is 15.6 Å². The highest BCUT2D eigenvalue weighted by molar-refractivity contribution is 9.10. The predicted molar refractivity (Wildman–Crippen MR) is 75.5 cm³/mol. The van der Waals surface area contributed by atoms with Gasteiger partial charge in [-0.3, -0.25) is 4.79 Å². The summed E-state index contributed by atoms with van der Waals surface area (Å²) in [6.45, 7) is 3.99. The number of benzene rings is 1. The Morgan fingerprint density at radius 3 is 2.65 bits per heavy atom. The molecule has 0 unspecified atom stereocenters. The molecule has 4 heteroatoms. The van der Waals surface area contributed by atoms with Gasteiger partial charge in [-0.2, -0.15) is 0 Å². The normalized spacial score (nSPS) is 10.1. The largest absolute Gasteiger partial charge is 0.398 e. The Bertz CT molecular complexity index is 441. The Balaban J connectivity index is 2.70. The van der Waals surface area contributed by atoms with E-state index in [4.69, 9.17) is 5.73 Å². The minimum atomic E-state index is 0.0970. The molecule has 2 N–H and O–H groups in total. The van der Waals surface area contributed by atoms with Crippen LogP contribution in [0.2, 0.25) is 0 Å². The fourth-order valence-corrected chi connectivity index (χ4v) is 1.81. The van der Waals surface area contributed by atoms with E-state index in [1.807, 2.05) is 18.2 Å². The molecule has 0 radical (unpaired) electrons. The number of carbonyl (C=O) groups is 1. The van der Waals surface area contributed by atoms with Crippen LogP contribution in [-0.2, 0) is 4.79 Å². The van der Waals surface area contributed by atoms with Crippen LogP contribution in [0.3, 0.4) is 0 Å². The second-order valence-electron chi connectivity index (χ2n) is 4.12. The number of halogens is 1. The van der Waals surface area contributed by atoms with E-state index in [1.165, 1.54) is 0 Å². The molecule has 1 amide bonds. The first-order valence-corrected chi connectivity index (χ1v) is 6.14. The summed E-state index contributed by atoms with van der Waals surface area (Å²) >= 11 is 3.40. The van der Waals surface area contributed by atoms with Crippen molar-refractivity contribution in [2.24, 2.45) is 0 Å². The van der Waals surface area contributed by atoms with Crippen LogP contribution in [0.25, 0.3) is 5.57 Å². The monoisotopic (exact) mass is 296 g/mol. The number of hydrogen-bond donors (Lipinski definition) is 1. The maximum atomic E-state index is 11.5. The SMILES string of the molecule is C=C(CCC(=O)N(C)C)c1cc(Br)ccc1N. The van der Waals surface area contributed by atoms with Crippen molar-refractivity contribution in [2.45, 2.75) is 12.8 Å². The topological polar surface area (TPSA) is 46.3 Å². The number of allylic oxidation sites excluding steroid dienone is 1. The third kappa shape index (κ3) is 3.89. The molecule has 1 rings (SSSR count). The Morgan fingerprint density at radius 1 is 1.41 bits per heavy atom. The van der Waals surface area contributed by atoms with Crippen LogP contribution < -0.4 is 5.73 Å². The Kier molecular flexibility index (Phi) is 4.75. The van der Waals surface area contributed by atoms with Crippen LogP contribution >= 0.6 is 15.9 Å². The van der Waals surface area contributed by atoms with Gasteiger partial charge < -0.3 is 10.6 Å². The van der Waals surface area contributed by atoms with E-state index < -0.39 is 0 Å². The van der Waals surface area contributed by atoms with Crippen molar-refractivity contribution in [3.8, 4) is 0 Å². The van der Waals surface area contributed by atoms with Crippen LogP contribution in [0.15, 0.2) is 29.3 Å². The number of rotatable bonds is 4. The number of carbonyl (C=O) groups excluding carboxylic acids is 1. The predicted octanol–water partition coefficient (Wildman–Crippen LogP) is 2.91. The van der Waals surface area contributed by atoms with Crippen molar-refractivity contribution in [1.29, 1.82) is 0 Å². The maximum Gasteiger partial charge on any atom is 0.222 e. The van der Waals surface area contributed by atoms with Gasteiger partial charge in [0.2, 0.25) is 5.91 Å². The molecule has 0 saturated carbocycles. The standard InChI is InChI=1S/C13H17BrN2O/c1-9(4-7-13(17)16(2)3)11-8-10(14)5-6-12(11)15/h5-6,8H,1,4,7,15H2,2-3H3. The van der Waals surface area contributed by atoms with Gasteiger partial charge in [-0.25, -0.2) is 0 Å². The molecule has 0 aromatic heterocycles. The summed E-state index contributed by atoms with van der Waals surface area (Å²) in [5, 5.41) is 0. The third-order valence-electron chi connectivity index (χ3n) is 2.54. The second kappa shape index (κ2) is 5.87. The summed E-state index contributed by atoms with van der Waals surface area (Å²) < 4.78 is 0.960. The van der Waals surface area contributed by atoms with Crippen molar-refractivity contribution >= 4 is 33.1 Å². The number of nitrogen functional groups attached to an aromatic ring is 1. The lowest BCUT2D eigenvalue weighted by Crippen LogP contribution is -2.21. The lowest BCUT2D eigenvalue weighted by molar-refractivity contribution is -0.128. The Morgan fingerprint density at radius 2 is 2.06 bits per heavy atom. The highest BCUT2D eigenvalue weighted by atomic mass is 79.9. The molecule has 3 nitrogen and oxygen atoms in total. The molecule has 0 heterocycles. The smallest absolute Gasteiger partial charge is 0.222 e. The van der Waals surface area contributed by atoms with Gasteiger partial charge in [-0.05, 0) is 30.2 Å². The Labute approximate surface area is 110 Å². The zero-order valence-corrected chi connectivity index (χ0v) is 11.8. The summed E-state index contributed by atoms with van der Waals surface area (Å²) in [4.78, 5) is 13.1. The number of hydrogen-bond acceptors (Lipinski definition) is 2. The lowest BCUT2D eigenvalue weighted by atomic mass is 10.0. The van der Waals surface area contributed by atoms with Gasteiger partial charge in [0.15, 0.2) is 0 Å². The molecule has 0 bridgehead atoms. The first-order chi connectivity index (χ1) is 7.91. The first-order valence-electron chi connectivity index (χ1n) is 5.35. The molecule has 1 aromatic carbocycles. The van der Waals surface area contributed by atoms with Crippen molar-refractivity contribution in [2.75, 3.05) is 19.8 Å². The maximum absolute atomic E-state index is 11.5. The minimum Gasteiger partial charge on any atom is -0.398 e. The third-order valence-corrected chi connectivity index (χ3v) is 3.03. The lowest BCUT2D eigenvalue weighted by Gasteiger charge is -2.12. The van der Waals surface area contributed by atoms with Gasteiger partial charge in [-0.1, -0.05) is 22.5 Å². The van der Waals surface area contributed by atoms with E-state index in [2.05, 4.69) is 22.5 Å². The molecule has 17 heavy (non-hydrogen) atoms. The van der Waals surface area contributed by atoms with E-state index in [9.17, 15) is 4.79 Å². The molecule has 0 aliphatic rings. The molecule has 0 aliphatic carbocycles. The van der Waals surface area contributed by atoms with Crippen molar-refractivity contribution < 1.29 is 4.79 Å². The van der Waals surface area contributed by atoms with E-state index in [0.29, 0.717) is 18.5 Å². The number of anilines is 1. The van der Waals surface area contributed by atoms with Crippen LogP contribution in [0.5, 0.6) is 0 Å². The van der Waals surface area contributed by atoms with Gasteiger partial charge in [-0.15, -0.1) is 0 Å². The molecular formula is C13H17BrN2O. The number of amides is 1. The van der Waals surface area contributed by atoms with Gasteiger partial charge in [0, 0.05) is 36.2 Å². The summed E-state index contributed by atoms with van der Waals surface area (Å²) in [6, 6.07) is 5.65. The van der Waals surface area contributed by atoms with Gasteiger partial charge >= 0.3 is 0 Å². The average Bonchev–Trinajstić information content (AvgIpc) is 2.28. The van der Waals surface area contributed by atoms with E-state index >= 15 is 0 Å². The van der Waals surface area contributed by atoms with E-state index in [1.54, 1.807) is 19.0 Å². The van der Waals surface area contributed by atoms with Gasteiger partial charge in [0.1, 0.15) is 0 Å². The fraction of sp³-hybridized carbons (Fsp3) is 0.308. The highest BCUT2D eigenvalue weighted by Crippen LogP contribution is 2.27. The van der Waals surface area contributed by atoms with Crippen LogP contribution in [-0.4, -0.2) is 24.9 Å². The zero-order valence-electron chi connectivity index (χ0n) is 10.2. The molecule has 0 spiro atoms. The van der Waals surface area contributed by atoms with E-state index in [-0.39, 0.29) is 5.91 Å². The molecule has 0 aliphatic heterocycles. The van der Waals surface area contributed by atoms with Crippen LogP contribution in [0.1, 0.15) is 18.4 Å². The number of nitrogens with two attached hydrogens (primary N) is 1. The van der Waals surface area contributed by atoms with Crippen molar-refractivity contribution in [3.63, 3.8) is 0 Å². The molecule has 0 fully saturated rings. The summed E-state index contributed by atoms with van der Waals surface area (Å²) in [5.41, 5.74) is 8.37. The summed E-state index contributed by atoms with van der Waals surface area (Å²) in [5.74, 6) is 0.0970. The van der Waals surface area contributed by atoms with Gasteiger partial charge in [0.05, 0.1) is 0 Å². The molecule has 1 aromatic rings. The minimum absolute atomic E-state index is 0.0970. The fourth-order valence-electron chi connectivity index (χ4n) is 1.45. The average molecular weight is 297 g/mol. The quantitative estimate of drug-likeness (QED) is 0.869. The first kappa shape index (κ1) is 13.8. The highest BCUT2D eigenvalue weighted by Gasteiger charge is 2.08. The summed E-state index contributed by atoms with van der Waals surface area (Å²) in [6.07, 6.45) is 1.08. The van der Waals surface area contributed by atoms with Crippen LogP contribution in [0.4, 0.5) is 5.69 Å². The zero-order chi connectivity index (χ0) is 13.0. The number of nitrogens with zero attached hydrogens (tertiary/aromatic N) is 1. The van der Waals surface area contributed by atoms with Crippen LogP contribution in [0, 0.1) is 0 Å². The van der Waals surface area contributed by atoms with Crippen molar-refractivity contribution in [1.82, 2.24) is 4.90 Å². The molecule has 0 atom stereocenters. The summed E-state index contributed by atoms with van der Waals surface area (Å²) in [7, 11) is 3.50. The van der Waals surface area contributed by atoms with Gasteiger partial charge in [0.25, 0.3) is 0 Å². The molecule has 0 saturated heterocycles. The molecular weight excluding hydrogens is 280 g/mol. The molecule has 92 valence electrons. The van der Waals surface area contributed by atoms with Crippen molar-refractivity contribution in [3.05, 3.63) is 34.8 Å².